The first-order valence-electron chi connectivity index (χ1n) is 3.89. The van der Waals surface area contributed by atoms with Gasteiger partial charge in [-0.2, -0.15) is 0 Å². The third-order valence-corrected chi connectivity index (χ3v) is 1.42. The molecule has 0 radical (unpaired) electrons. The Morgan fingerprint density at radius 2 is 2.23 bits per heavy atom. The van der Waals surface area contributed by atoms with Gasteiger partial charge in [0.25, 0.3) is 0 Å². The Hall–Kier alpha value is -1.58. The average molecular weight is 183 g/mol. The van der Waals surface area contributed by atoms with Crippen LogP contribution in [0.3, 0.4) is 0 Å². The third kappa shape index (κ3) is 5.66. The second-order valence-electron chi connectivity index (χ2n) is 2.49. The molecule has 0 aromatic rings. The first-order valence-corrected chi connectivity index (χ1v) is 3.89. The van der Waals surface area contributed by atoms with E-state index in [-0.39, 0.29) is 11.5 Å². The summed E-state index contributed by atoms with van der Waals surface area (Å²) in [6.45, 7) is 7.24. The summed E-state index contributed by atoms with van der Waals surface area (Å²) in [4.78, 5) is 19.9. The molecule has 0 bridgehead atoms. The zero-order chi connectivity index (χ0) is 10.3. The van der Waals surface area contributed by atoms with Gasteiger partial charge >= 0.3 is 5.97 Å². The number of carboxylic acid groups (broad SMARTS) is 1. The van der Waals surface area contributed by atoms with E-state index in [0.29, 0.717) is 0 Å². The number of carboxylic acids is 1. The highest BCUT2D eigenvalue weighted by atomic mass is 16.4. The fourth-order valence-corrected chi connectivity index (χ4v) is 0.652. The molecule has 72 valence electrons. The van der Waals surface area contributed by atoms with Crippen LogP contribution in [0.1, 0.15) is 12.8 Å². The Kier molecular flexibility index (Phi) is 5.27. The molecule has 0 spiro atoms. The number of carbonyl (C=O) groups is 2. The Bertz CT molecular complexity index is 225. The first kappa shape index (κ1) is 11.4. The molecule has 0 unspecified atom stereocenters. The predicted molar refractivity (Wildman–Crippen MR) is 49.2 cm³/mol. The fourth-order valence-electron chi connectivity index (χ4n) is 0.652. The van der Waals surface area contributed by atoms with E-state index in [1.807, 2.05) is 0 Å². The molecule has 4 nitrogen and oxygen atoms in total. The smallest absolute Gasteiger partial charge is 0.335 e. The van der Waals surface area contributed by atoms with Crippen molar-refractivity contribution >= 4 is 11.9 Å². The molecule has 0 atom stereocenters. The van der Waals surface area contributed by atoms with E-state index in [1.165, 1.54) is 6.08 Å². The van der Waals surface area contributed by atoms with Gasteiger partial charge in [0.1, 0.15) is 0 Å². The summed E-state index contributed by atoms with van der Waals surface area (Å²) < 4.78 is 0. The minimum atomic E-state index is -1.02. The molecule has 13 heavy (non-hydrogen) atoms. The molecular weight excluding hydrogens is 170 g/mol. The molecule has 0 saturated carbocycles. The van der Waals surface area contributed by atoms with Crippen LogP contribution in [0.25, 0.3) is 0 Å². The van der Waals surface area contributed by atoms with Gasteiger partial charge in [-0.15, -0.1) is 0 Å². The molecule has 0 aromatic carbocycles. The van der Waals surface area contributed by atoms with Crippen molar-refractivity contribution in [3.63, 3.8) is 0 Å². The van der Waals surface area contributed by atoms with E-state index in [0.717, 1.165) is 19.4 Å². The third-order valence-electron chi connectivity index (χ3n) is 1.42. The number of amides is 1. The fraction of sp³-hybridized carbons (Fsp3) is 0.333. The molecule has 1 aliphatic heterocycles. The molecule has 1 aliphatic rings. The second kappa shape index (κ2) is 5.99. The second-order valence-corrected chi connectivity index (χ2v) is 2.49. The maximum absolute atomic E-state index is 10.1. The zero-order valence-corrected chi connectivity index (χ0v) is 7.38. The summed E-state index contributed by atoms with van der Waals surface area (Å²) in [7, 11) is 0. The Morgan fingerprint density at radius 1 is 1.62 bits per heavy atom. The predicted octanol–water partition coefficient (Wildman–Crippen LogP) is 0.710. The van der Waals surface area contributed by atoms with Crippen LogP contribution >= 0.6 is 0 Å². The van der Waals surface area contributed by atoms with E-state index in [2.05, 4.69) is 18.5 Å². The molecule has 1 rings (SSSR count). The van der Waals surface area contributed by atoms with Crippen molar-refractivity contribution < 1.29 is 14.7 Å². The SMILES string of the molecule is C=CC(=C)C(=O)O.O=C1CCCN1. The maximum Gasteiger partial charge on any atom is 0.335 e. The average Bonchev–Trinajstić information content (AvgIpc) is 2.55. The van der Waals surface area contributed by atoms with Crippen molar-refractivity contribution in [3.05, 3.63) is 24.8 Å². The monoisotopic (exact) mass is 183 g/mol. The van der Waals surface area contributed by atoms with Crippen LogP contribution in [0.2, 0.25) is 0 Å². The molecule has 0 aromatic heterocycles. The highest BCUT2D eigenvalue weighted by Crippen LogP contribution is 1.93. The highest BCUT2D eigenvalue weighted by Gasteiger charge is 2.05. The van der Waals surface area contributed by atoms with Crippen LogP contribution in [0, 0.1) is 0 Å². The van der Waals surface area contributed by atoms with Crippen molar-refractivity contribution in [2.24, 2.45) is 0 Å². The Balaban J connectivity index is 0.000000223. The van der Waals surface area contributed by atoms with Gasteiger partial charge in [0.2, 0.25) is 5.91 Å². The van der Waals surface area contributed by atoms with Crippen molar-refractivity contribution in [1.29, 1.82) is 0 Å². The van der Waals surface area contributed by atoms with E-state index in [4.69, 9.17) is 5.11 Å². The largest absolute Gasteiger partial charge is 0.478 e. The van der Waals surface area contributed by atoms with Crippen molar-refractivity contribution in [1.82, 2.24) is 5.32 Å². The van der Waals surface area contributed by atoms with E-state index < -0.39 is 5.97 Å². The van der Waals surface area contributed by atoms with Crippen LogP contribution in [0.5, 0.6) is 0 Å². The van der Waals surface area contributed by atoms with Gasteiger partial charge in [-0.1, -0.05) is 19.2 Å². The van der Waals surface area contributed by atoms with Gasteiger partial charge < -0.3 is 10.4 Å². The van der Waals surface area contributed by atoms with Crippen LogP contribution < -0.4 is 5.32 Å². The summed E-state index contributed by atoms with van der Waals surface area (Å²) >= 11 is 0. The molecule has 1 heterocycles. The van der Waals surface area contributed by atoms with Gasteiger partial charge in [-0.05, 0) is 6.42 Å². The lowest BCUT2D eigenvalue weighted by Crippen LogP contribution is -2.12. The van der Waals surface area contributed by atoms with Crippen molar-refractivity contribution in [3.8, 4) is 0 Å². The molecule has 1 fully saturated rings. The topological polar surface area (TPSA) is 66.4 Å². The first-order chi connectivity index (χ1) is 6.07. The van der Waals surface area contributed by atoms with Crippen LogP contribution in [-0.2, 0) is 9.59 Å². The summed E-state index contributed by atoms with van der Waals surface area (Å²) in [5, 5.41) is 10.7. The molecule has 1 amide bonds. The number of hydrogen-bond donors (Lipinski definition) is 2. The van der Waals surface area contributed by atoms with Crippen molar-refractivity contribution in [2.45, 2.75) is 12.8 Å². The van der Waals surface area contributed by atoms with Crippen LogP contribution in [-0.4, -0.2) is 23.5 Å². The Morgan fingerprint density at radius 3 is 2.31 bits per heavy atom. The molecule has 0 aliphatic carbocycles. The highest BCUT2D eigenvalue weighted by molar-refractivity contribution is 5.88. The van der Waals surface area contributed by atoms with E-state index >= 15 is 0 Å². The summed E-state index contributed by atoms with van der Waals surface area (Å²) in [5.41, 5.74) is 0.0278. The molecule has 2 N–H and O–H groups in total. The zero-order valence-electron chi connectivity index (χ0n) is 7.38. The lowest BCUT2D eigenvalue weighted by Gasteiger charge is -1.82. The van der Waals surface area contributed by atoms with Gasteiger partial charge in [-0.3, -0.25) is 4.79 Å². The maximum atomic E-state index is 10.1. The van der Waals surface area contributed by atoms with E-state index in [9.17, 15) is 9.59 Å². The summed E-state index contributed by atoms with van der Waals surface area (Å²) in [5.74, 6) is -0.815. The summed E-state index contributed by atoms with van der Waals surface area (Å²) in [6, 6.07) is 0. The van der Waals surface area contributed by atoms with Crippen LogP contribution in [0.15, 0.2) is 24.8 Å². The van der Waals surface area contributed by atoms with Crippen LogP contribution in [0.4, 0.5) is 0 Å². The van der Waals surface area contributed by atoms with E-state index in [1.54, 1.807) is 0 Å². The molecular formula is C9H13NO3. The lowest BCUT2D eigenvalue weighted by molar-refractivity contribution is -0.132. The summed E-state index contributed by atoms with van der Waals surface area (Å²) in [6.07, 6.45) is 2.96. The lowest BCUT2D eigenvalue weighted by atomic mass is 10.3. The number of aliphatic carboxylic acids is 1. The Labute approximate surface area is 76.9 Å². The van der Waals surface area contributed by atoms with Gasteiger partial charge in [0.15, 0.2) is 0 Å². The standard InChI is InChI=1S/C5H6O2.C4H7NO/c1-3-4(2)5(6)7;6-4-2-1-3-5-4/h3H,1-2H2,(H,6,7);1-3H2,(H,5,6). The van der Waals surface area contributed by atoms with Crippen molar-refractivity contribution in [2.75, 3.05) is 6.54 Å². The minimum Gasteiger partial charge on any atom is -0.478 e. The number of hydrogen-bond acceptors (Lipinski definition) is 2. The number of nitrogens with one attached hydrogen (secondary N) is 1. The number of carbonyl (C=O) groups excluding carboxylic acids is 1. The van der Waals surface area contributed by atoms with Gasteiger partial charge in [0.05, 0.1) is 5.57 Å². The normalized spacial score (nSPS) is 13.7. The minimum absolute atomic E-state index is 0.0278. The molecule has 4 heteroatoms. The van der Waals surface area contributed by atoms with Gasteiger partial charge in [0, 0.05) is 13.0 Å². The quantitative estimate of drug-likeness (QED) is 0.489. The van der Waals surface area contributed by atoms with Gasteiger partial charge in [-0.25, -0.2) is 4.79 Å². The number of rotatable bonds is 2. The molecule has 1 saturated heterocycles.